The predicted octanol–water partition coefficient (Wildman–Crippen LogP) is 3.10. The zero-order valence-corrected chi connectivity index (χ0v) is 14.9. The molecule has 0 spiro atoms. The van der Waals surface area contributed by atoms with Crippen molar-refractivity contribution in [2.24, 2.45) is 0 Å². The zero-order valence-electron chi connectivity index (χ0n) is 14.9. The third-order valence-corrected chi connectivity index (χ3v) is 4.76. The summed E-state index contributed by atoms with van der Waals surface area (Å²) in [5.41, 5.74) is -0.575. The molecule has 3 rings (SSSR count). The Balaban J connectivity index is 1.60. The van der Waals surface area contributed by atoms with Crippen LogP contribution in [0.4, 0.5) is 20.2 Å². The molecule has 0 aliphatic carbocycles. The van der Waals surface area contributed by atoms with Gasteiger partial charge in [0.25, 0.3) is 0 Å². The third kappa shape index (κ3) is 4.29. The van der Waals surface area contributed by atoms with Crippen LogP contribution in [-0.2, 0) is 13.1 Å². The van der Waals surface area contributed by atoms with E-state index >= 15 is 0 Å². The van der Waals surface area contributed by atoms with Crippen molar-refractivity contribution in [2.75, 3.05) is 26.2 Å². The lowest BCUT2D eigenvalue weighted by Gasteiger charge is -2.34. The van der Waals surface area contributed by atoms with E-state index in [2.05, 4.69) is 0 Å². The molecule has 0 aromatic heterocycles. The van der Waals surface area contributed by atoms with Crippen LogP contribution in [0.1, 0.15) is 11.1 Å². The summed E-state index contributed by atoms with van der Waals surface area (Å²) in [5.74, 6) is -1.65. The first-order valence-electron chi connectivity index (χ1n) is 8.65. The number of benzene rings is 2. The lowest BCUT2D eigenvalue weighted by molar-refractivity contribution is -0.387. The maximum absolute atomic E-state index is 14.2. The first kappa shape index (κ1) is 19.8. The summed E-state index contributed by atoms with van der Waals surface area (Å²) in [6.07, 6.45) is 0. The Morgan fingerprint density at radius 2 is 1.11 bits per heavy atom. The number of nitrogens with zero attached hydrogens (tertiary/aromatic N) is 4. The van der Waals surface area contributed by atoms with Crippen molar-refractivity contribution >= 4 is 11.4 Å². The van der Waals surface area contributed by atoms with Crippen molar-refractivity contribution in [1.82, 2.24) is 9.80 Å². The number of rotatable bonds is 6. The smallest absolute Gasteiger partial charge is 0.296 e. The highest BCUT2D eigenvalue weighted by molar-refractivity contribution is 5.37. The van der Waals surface area contributed by atoms with E-state index in [4.69, 9.17) is 0 Å². The van der Waals surface area contributed by atoms with Gasteiger partial charge >= 0.3 is 11.4 Å². The van der Waals surface area contributed by atoms with Gasteiger partial charge in [-0.25, -0.2) is 0 Å². The number of hydrogen-bond acceptors (Lipinski definition) is 6. The lowest BCUT2D eigenvalue weighted by Crippen LogP contribution is -2.45. The van der Waals surface area contributed by atoms with Crippen LogP contribution in [0.5, 0.6) is 0 Å². The number of nitro benzene ring substituents is 2. The molecule has 0 bridgehead atoms. The minimum absolute atomic E-state index is 0.243. The standard InChI is InChI=1S/C18H18F2N4O4/c19-17-13(3-1-5-15(17)23(25)26)11-21-7-9-22(10-8-21)12-14-4-2-6-16(18(14)20)24(27)28/h1-6H,7-12H2. The molecule has 148 valence electrons. The fourth-order valence-electron chi connectivity index (χ4n) is 3.25. The van der Waals surface area contributed by atoms with E-state index in [0.29, 0.717) is 26.2 Å². The summed E-state index contributed by atoms with van der Waals surface area (Å²) in [7, 11) is 0. The zero-order chi connectivity index (χ0) is 20.3. The van der Waals surface area contributed by atoms with Crippen molar-refractivity contribution in [3.8, 4) is 0 Å². The van der Waals surface area contributed by atoms with E-state index in [-0.39, 0.29) is 24.2 Å². The average molecular weight is 392 g/mol. The Morgan fingerprint density at radius 1 is 0.750 bits per heavy atom. The summed E-state index contributed by atoms with van der Waals surface area (Å²) < 4.78 is 28.4. The second kappa shape index (κ2) is 8.36. The van der Waals surface area contributed by atoms with Crippen molar-refractivity contribution < 1.29 is 18.6 Å². The van der Waals surface area contributed by atoms with Crippen LogP contribution >= 0.6 is 0 Å². The summed E-state index contributed by atoms with van der Waals surface area (Å²) in [5, 5.41) is 21.7. The second-order valence-electron chi connectivity index (χ2n) is 6.57. The van der Waals surface area contributed by atoms with Crippen LogP contribution in [0.25, 0.3) is 0 Å². The lowest BCUT2D eigenvalue weighted by atomic mass is 10.1. The third-order valence-electron chi connectivity index (χ3n) is 4.76. The predicted molar refractivity (Wildman–Crippen MR) is 96.7 cm³/mol. The van der Waals surface area contributed by atoms with Crippen LogP contribution in [0, 0.1) is 31.9 Å². The van der Waals surface area contributed by atoms with Crippen molar-refractivity contribution in [3.63, 3.8) is 0 Å². The van der Waals surface area contributed by atoms with Crippen LogP contribution in [-0.4, -0.2) is 45.8 Å². The number of halogens is 2. The van der Waals surface area contributed by atoms with E-state index in [1.807, 2.05) is 9.80 Å². The Labute approximate surface area is 159 Å². The number of piperazine rings is 1. The van der Waals surface area contributed by atoms with Crippen molar-refractivity contribution in [3.05, 3.63) is 79.4 Å². The second-order valence-corrected chi connectivity index (χ2v) is 6.57. The van der Waals surface area contributed by atoms with Gasteiger partial charge in [-0.2, -0.15) is 8.78 Å². The molecule has 2 aromatic rings. The maximum Gasteiger partial charge on any atom is 0.305 e. The molecular weight excluding hydrogens is 374 g/mol. The van der Waals surface area contributed by atoms with E-state index in [9.17, 15) is 29.0 Å². The summed E-state index contributed by atoms with van der Waals surface area (Å²) >= 11 is 0. The summed E-state index contributed by atoms with van der Waals surface area (Å²) in [6.45, 7) is 2.76. The normalized spacial score (nSPS) is 15.5. The van der Waals surface area contributed by atoms with Crippen LogP contribution in [0.2, 0.25) is 0 Å². The molecular formula is C18H18F2N4O4. The molecule has 1 aliphatic heterocycles. The minimum atomic E-state index is -0.825. The number of hydrogen-bond donors (Lipinski definition) is 0. The molecule has 0 saturated carbocycles. The minimum Gasteiger partial charge on any atom is -0.296 e. The van der Waals surface area contributed by atoms with E-state index in [1.54, 1.807) is 0 Å². The Morgan fingerprint density at radius 3 is 1.43 bits per heavy atom. The molecule has 8 nitrogen and oxygen atoms in total. The molecule has 1 saturated heterocycles. The van der Waals surface area contributed by atoms with Crippen LogP contribution in [0.3, 0.4) is 0 Å². The molecule has 0 atom stereocenters. The van der Waals surface area contributed by atoms with Crippen LogP contribution in [0.15, 0.2) is 36.4 Å². The van der Waals surface area contributed by atoms with E-state index < -0.39 is 32.9 Å². The number of nitro groups is 2. The molecule has 0 radical (unpaired) electrons. The molecule has 1 aliphatic rings. The van der Waals surface area contributed by atoms with Gasteiger partial charge in [0.05, 0.1) is 9.85 Å². The van der Waals surface area contributed by atoms with Crippen molar-refractivity contribution in [1.29, 1.82) is 0 Å². The Bertz CT molecular complexity index is 828. The monoisotopic (exact) mass is 392 g/mol. The average Bonchev–Trinajstić information content (AvgIpc) is 2.66. The topological polar surface area (TPSA) is 92.8 Å². The summed E-state index contributed by atoms with van der Waals surface area (Å²) in [6, 6.07) is 8.21. The van der Waals surface area contributed by atoms with Gasteiger partial charge in [0, 0.05) is 62.5 Å². The largest absolute Gasteiger partial charge is 0.305 e. The van der Waals surface area contributed by atoms with Gasteiger partial charge in [-0.15, -0.1) is 0 Å². The summed E-state index contributed by atoms with van der Waals surface area (Å²) in [4.78, 5) is 24.1. The van der Waals surface area contributed by atoms with Gasteiger partial charge in [-0.1, -0.05) is 24.3 Å². The fraction of sp³-hybridized carbons (Fsp3) is 0.333. The molecule has 10 heteroatoms. The molecule has 0 N–H and O–H groups in total. The Kier molecular flexibility index (Phi) is 5.90. The molecule has 2 aromatic carbocycles. The van der Waals surface area contributed by atoms with Gasteiger partial charge in [-0.3, -0.25) is 30.0 Å². The van der Waals surface area contributed by atoms with Crippen LogP contribution < -0.4 is 0 Å². The van der Waals surface area contributed by atoms with Gasteiger partial charge in [0.1, 0.15) is 0 Å². The van der Waals surface area contributed by atoms with Gasteiger partial charge in [0.15, 0.2) is 0 Å². The van der Waals surface area contributed by atoms with Gasteiger partial charge < -0.3 is 0 Å². The molecule has 0 amide bonds. The van der Waals surface area contributed by atoms with Gasteiger partial charge in [-0.05, 0) is 0 Å². The maximum atomic E-state index is 14.2. The van der Waals surface area contributed by atoms with Gasteiger partial charge in [0.2, 0.25) is 11.6 Å². The first-order chi connectivity index (χ1) is 13.4. The molecule has 1 heterocycles. The molecule has 28 heavy (non-hydrogen) atoms. The Hall–Kier alpha value is -2.98. The quantitative estimate of drug-likeness (QED) is 0.554. The van der Waals surface area contributed by atoms with E-state index in [0.717, 1.165) is 12.1 Å². The van der Waals surface area contributed by atoms with Crippen molar-refractivity contribution in [2.45, 2.75) is 13.1 Å². The first-order valence-corrected chi connectivity index (χ1v) is 8.65. The fourth-order valence-corrected chi connectivity index (χ4v) is 3.25. The highest BCUT2D eigenvalue weighted by Gasteiger charge is 2.24. The molecule has 1 fully saturated rings. The van der Waals surface area contributed by atoms with E-state index in [1.165, 1.54) is 24.3 Å². The highest BCUT2D eigenvalue weighted by atomic mass is 19.1. The SMILES string of the molecule is O=[N+]([O-])c1cccc(CN2CCN(Cc3cccc([N+](=O)[O-])c3F)CC2)c1F. The highest BCUT2D eigenvalue weighted by Crippen LogP contribution is 2.23. The molecule has 0 unspecified atom stereocenters.